The molecule has 0 unspecified atom stereocenters. The van der Waals surface area contributed by atoms with Gasteiger partial charge in [-0.3, -0.25) is 4.79 Å². The Balaban J connectivity index is 1.41. The molecule has 2 N–H and O–H groups in total. The van der Waals surface area contributed by atoms with E-state index in [1.54, 1.807) is 12.1 Å². The molecular formula is C19H20N6O4S2. The number of morpholine rings is 1. The second kappa shape index (κ2) is 9.14. The molecule has 2 aromatic carbocycles. The fourth-order valence-electron chi connectivity index (χ4n) is 3.10. The number of hydrogen-bond donors (Lipinski definition) is 1. The predicted octanol–water partition coefficient (Wildman–Crippen LogP) is 1.12. The number of hydrogen-bond acceptors (Lipinski definition) is 9. The molecular weight excluding hydrogens is 440 g/mol. The molecule has 1 aromatic heterocycles. The SMILES string of the molecule is NS(=O)(=O)c1ccc(-n2nnnc2SCC(=O)c2ccc(N3CCOCC3)cc2)cc1. The zero-order valence-electron chi connectivity index (χ0n) is 16.4. The number of ether oxygens (including phenoxy) is 1. The molecule has 12 heteroatoms. The highest BCUT2D eigenvalue weighted by atomic mass is 32.2. The van der Waals surface area contributed by atoms with Crippen molar-refractivity contribution in [2.75, 3.05) is 37.0 Å². The van der Waals surface area contributed by atoms with Crippen LogP contribution >= 0.6 is 11.8 Å². The second-order valence-electron chi connectivity index (χ2n) is 6.77. The summed E-state index contributed by atoms with van der Waals surface area (Å²) >= 11 is 1.20. The fraction of sp³-hybridized carbons (Fsp3) is 0.263. The number of carbonyl (C=O) groups excluding carboxylic acids is 1. The third kappa shape index (κ3) is 5.10. The number of Topliss-reactive ketones (excluding diaryl/α,β-unsaturated/α-hetero) is 1. The molecule has 0 spiro atoms. The molecule has 0 aliphatic carbocycles. The number of nitrogens with zero attached hydrogens (tertiary/aromatic N) is 5. The topological polar surface area (TPSA) is 133 Å². The van der Waals surface area contributed by atoms with Crippen LogP contribution in [-0.2, 0) is 14.8 Å². The summed E-state index contributed by atoms with van der Waals surface area (Å²) in [6, 6.07) is 13.4. The van der Waals surface area contributed by atoms with Crippen molar-refractivity contribution in [2.45, 2.75) is 10.1 Å². The van der Waals surface area contributed by atoms with Gasteiger partial charge in [-0.2, -0.15) is 4.68 Å². The van der Waals surface area contributed by atoms with Gasteiger partial charge in [-0.1, -0.05) is 11.8 Å². The minimum absolute atomic E-state index is 0.00534. The average molecular weight is 461 g/mol. The van der Waals surface area contributed by atoms with E-state index in [1.807, 2.05) is 24.3 Å². The number of anilines is 1. The summed E-state index contributed by atoms with van der Waals surface area (Å²) in [5, 5.41) is 17.1. The number of primary sulfonamides is 1. The summed E-state index contributed by atoms with van der Waals surface area (Å²) in [4.78, 5) is 14.8. The van der Waals surface area contributed by atoms with Crippen molar-refractivity contribution < 1.29 is 17.9 Å². The van der Waals surface area contributed by atoms with Crippen LogP contribution < -0.4 is 10.0 Å². The summed E-state index contributed by atoms with van der Waals surface area (Å²) in [5.74, 6) is 0.115. The highest BCUT2D eigenvalue weighted by Gasteiger charge is 2.15. The summed E-state index contributed by atoms with van der Waals surface area (Å²) in [6.07, 6.45) is 0. The van der Waals surface area contributed by atoms with Gasteiger partial charge >= 0.3 is 0 Å². The maximum Gasteiger partial charge on any atom is 0.238 e. The lowest BCUT2D eigenvalue weighted by molar-refractivity contribution is 0.102. The van der Waals surface area contributed by atoms with E-state index in [9.17, 15) is 13.2 Å². The molecule has 1 aliphatic heterocycles. The van der Waals surface area contributed by atoms with Crippen molar-refractivity contribution in [1.82, 2.24) is 20.2 Å². The van der Waals surface area contributed by atoms with Crippen molar-refractivity contribution in [2.24, 2.45) is 5.14 Å². The normalized spacial score (nSPS) is 14.5. The van der Waals surface area contributed by atoms with Crippen molar-refractivity contribution in [3.8, 4) is 5.69 Å². The van der Waals surface area contributed by atoms with E-state index in [4.69, 9.17) is 9.88 Å². The number of tetrazole rings is 1. The summed E-state index contributed by atoms with van der Waals surface area (Å²) in [5.41, 5.74) is 2.24. The lowest BCUT2D eigenvalue weighted by Crippen LogP contribution is -2.36. The van der Waals surface area contributed by atoms with Gasteiger partial charge in [0, 0.05) is 24.3 Å². The number of ketones is 1. The van der Waals surface area contributed by atoms with E-state index in [2.05, 4.69) is 20.4 Å². The van der Waals surface area contributed by atoms with Crippen molar-refractivity contribution in [3.63, 3.8) is 0 Å². The molecule has 4 rings (SSSR count). The lowest BCUT2D eigenvalue weighted by atomic mass is 10.1. The maximum absolute atomic E-state index is 12.6. The number of aromatic nitrogens is 4. The van der Waals surface area contributed by atoms with E-state index in [0.29, 0.717) is 29.6 Å². The molecule has 0 saturated carbocycles. The first-order valence-electron chi connectivity index (χ1n) is 9.42. The molecule has 10 nitrogen and oxygen atoms in total. The molecule has 1 saturated heterocycles. The molecule has 1 fully saturated rings. The van der Waals surface area contributed by atoms with Gasteiger partial charge in [-0.15, -0.1) is 5.10 Å². The Labute approximate surface area is 183 Å². The highest BCUT2D eigenvalue weighted by molar-refractivity contribution is 7.99. The Kier molecular flexibility index (Phi) is 6.32. The van der Waals surface area contributed by atoms with Gasteiger partial charge in [0.15, 0.2) is 5.78 Å². The van der Waals surface area contributed by atoms with E-state index >= 15 is 0 Å². The van der Waals surface area contributed by atoms with E-state index in [1.165, 1.54) is 28.6 Å². The molecule has 2 heterocycles. The van der Waals surface area contributed by atoms with Crippen LogP contribution in [0.15, 0.2) is 58.6 Å². The van der Waals surface area contributed by atoms with Gasteiger partial charge in [0.05, 0.1) is 29.5 Å². The average Bonchev–Trinajstić information content (AvgIpc) is 3.26. The second-order valence-corrected chi connectivity index (χ2v) is 9.27. The summed E-state index contributed by atoms with van der Waals surface area (Å²) in [7, 11) is -3.78. The minimum Gasteiger partial charge on any atom is -0.378 e. The van der Waals surface area contributed by atoms with Crippen molar-refractivity contribution in [3.05, 3.63) is 54.1 Å². The Morgan fingerprint density at radius 2 is 1.68 bits per heavy atom. The van der Waals surface area contributed by atoms with Crippen LogP contribution in [0.1, 0.15) is 10.4 Å². The smallest absolute Gasteiger partial charge is 0.238 e. The third-order valence-electron chi connectivity index (χ3n) is 4.75. The monoisotopic (exact) mass is 460 g/mol. The zero-order valence-corrected chi connectivity index (χ0v) is 18.1. The van der Waals surface area contributed by atoms with Gasteiger partial charge in [0.2, 0.25) is 15.2 Å². The third-order valence-corrected chi connectivity index (χ3v) is 6.60. The largest absolute Gasteiger partial charge is 0.378 e. The number of thioether (sulfide) groups is 1. The Hall–Kier alpha value is -2.80. The zero-order chi connectivity index (χ0) is 21.8. The summed E-state index contributed by atoms with van der Waals surface area (Å²) in [6.45, 7) is 3.08. The molecule has 0 radical (unpaired) electrons. The van der Waals surface area contributed by atoms with E-state index in [-0.39, 0.29) is 16.4 Å². The molecule has 1 aliphatic rings. The molecule has 3 aromatic rings. The van der Waals surface area contributed by atoms with Crippen LogP contribution in [0.25, 0.3) is 5.69 Å². The molecule has 31 heavy (non-hydrogen) atoms. The van der Waals surface area contributed by atoms with Crippen LogP contribution in [0, 0.1) is 0 Å². The van der Waals surface area contributed by atoms with Gasteiger partial charge < -0.3 is 9.64 Å². The van der Waals surface area contributed by atoms with Crippen LogP contribution in [0.3, 0.4) is 0 Å². The first-order chi connectivity index (χ1) is 14.9. The predicted molar refractivity (Wildman–Crippen MR) is 115 cm³/mol. The first kappa shape index (κ1) is 21.4. The first-order valence-corrected chi connectivity index (χ1v) is 12.0. The molecule has 162 valence electrons. The Morgan fingerprint density at radius 3 is 2.32 bits per heavy atom. The Bertz CT molecular complexity index is 1160. The summed E-state index contributed by atoms with van der Waals surface area (Å²) < 4.78 is 29.6. The van der Waals surface area contributed by atoms with Gasteiger partial charge in [0.1, 0.15) is 0 Å². The number of sulfonamides is 1. The van der Waals surface area contributed by atoms with Crippen molar-refractivity contribution in [1.29, 1.82) is 0 Å². The fourth-order valence-corrected chi connectivity index (χ4v) is 4.40. The van der Waals surface area contributed by atoms with Crippen LogP contribution in [0.5, 0.6) is 0 Å². The number of benzene rings is 2. The lowest BCUT2D eigenvalue weighted by Gasteiger charge is -2.28. The quantitative estimate of drug-likeness (QED) is 0.407. The van der Waals surface area contributed by atoms with Crippen molar-refractivity contribution >= 4 is 33.3 Å². The molecule has 0 bridgehead atoms. The van der Waals surface area contributed by atoms with E-state index in [0.717, 1.165) is 18.8 Å². The van der Waals surface area contributed by atoms with Gasteiger partial charge in [0.25, 0.3) is 0 Å². The number of nitrogens with two attached hydrogens (primary N) is 1. The highest BCUT2D eigenvalue weighted by Crippen LogP contribution is 2.22. The molecule has 0 atom stereocenters. The number of rotatable bonds is 7. The Morgan fingerprint density at radius 1 is 1.03 bits per heavy atom. The van der Waals surface area contributed by atoms with Crippen LogP contribution in [-0.4, -0.2) is 66.5 Å². The number of carbonyl (C=O) groups is 1. The minimum atomic E-state index is -3.78. The van der Waals surface area contributed by atoms with E-state index < -0.39 is 10.0 Å². The van der Waals surface area contributed by atoms with Crippen LogP contribution in [0.2, 0.25) is 0 Å². The standard InChI is InChI=1S/C19H20N6O4S2/c20-31(27,28)17-7-5-16(6-8-17)25-19(21-22-23-25)30-13-18(26)14-1-3-15(4-2-14)24-9-11-29-12-10-24/h1-8H,9-13H2,(H2,20,27,28). The van der Waals surface area contributed by atoms with Gasteiger partial charge in [-0.05, 0) is 59.0 Å². The van der Waals surface area contributed by atoms with Crippen LogP contribution in [0.4, 0.5) is 5.69 Å². The molecule has 0 amide bonds. The van der Waals surface area contributed by atoms with Gasteiger partial charge in [-0.25, -0.2) is 13.6 Å². The maximum atomic E-state index is 12.6.